The Bertz CT molecular complexity index is 3250. The van der Waals surface area contributed by atoms with Crippen molar-refractivity contribution in [1.29, 1.82) is 0 Å². The normalized spacial score (nSPS) is 22.5. The lowest BCUT2D eigenvalue weighted by Gasteiger charge is -2.50. The molecule has 2 aliphatic heterocycles. The Kier molecular flexibility index (Phi) is 9.91. The lowest BCUT2D eigenvalue weighted by atomic mass is 9.35. The van der Waals surface area contributed by atoms with E-state index in [2.05, 4.69) is 224 Å². The molecule has 368 valence electrons. The number of rotatable bonds is 3. The van der Waals surface area contributed by atoms with E-state index in [1.54, 1.807) is 16.0 Å². The molecule has 6 aromatic rings. The van der Waals surface area contributed by atoms with Crippen molar-refractivity contribution in [3.05, 3.63) is 134 Å². The summed E-state index contributed by atoms with van der Waals surface area (Å²) in [4.78, 5) is 7.21. The quantitative estimate of drug-likeness (QED) is 0.163. The van der Waals surface area contributed by atoms with E-state index < -0.39 is 0 Å². The van der Waals surface area contributed by atoms with Crippen LogP contribution in [0, 0.1) is 6.92 Å². The molecule has 4 heteroatoms. The van der Waals surface area contributed by atoms with Crippen LogP contribution in [0.2, 0.25) is 0 Å². The van der Waals surface area contributed by atoms with Gasteiger partial charge in [-0.25, -0.2) is 0 Å². The van der Waals surface area contributed by atoms with Gasteiger partial charge in [-0.1, -0.05) is 165 Å². The molecule has 0 atom stereocenters. The smallest absolute Gasteiger partial charge is 0.264 e. The van der Waals surface area contributed by atoms with Crippen molar-refractivity contribution in [2.24, 2.45) is 0 Å². The Hall–Kier alpha value is -4.54. The highest BCUT2D eigenvalue weighted by atomic mass is 32.1. The molecule has 4 aliphatic carbocycles. The Morgan fingerprint density at radius 3 is 1.55 bits per heavy atom. The summed E-state index contributed by atoms with van der Waals surface area (Å²) >= 11 is 2.16. The number of anilines is 6. The average Bonchev–Trinajstić information content (AvgIpc) is 3.73. The molecule has 0 N–H and O–H groups in total. The van der Waals surface area contributed by atoms with E-state index in [1.807, 2.05) is 0 Å². The minimum atomic E-state index is -0.00608. The maximum atomic E-state index is 2.81. The van der Waals surface area contributed by atoms with E-state index >= 15 is 0 Å². The molecule has 0 radical (unpaired) electrons. The first-order chi connectivity index (χ1) is 33.1. The molecule has 0 spiro atoms. The maximum absolute atomic E-state index is 2.81. The number of fused-ring (bicyclic) bond motifs is 10. The second-order valence-corrected chi connectivity index (χ2v) is 29.9. The van der Waals surface area contributed by atoms with Crippen molar-refractivity contribution in [1.82, 2.24) is 0 Å². The first kappa shape index (κ1) is 47.5. The number of benzene rings is 5. The Morgan fingerprint density at radius 2 is 0.915 bits per heavy atom. The molecule has 0 amide bonds. The fraction of sp³-hybridized carbons (Fsp3) is 0.493. The molecule has 0 saturated carbocycles. The predicted octanol–water partition coefficient (Wildman–Crippen LogP) is 17.2. The van der Waals surface area contributed by atoms with E-state index in [0.29, 0.717) is 0 Å². The van der Waals surface area contributed by atoms with Crippen LogP contribution in [-0.4, -0.2) is 6.71 Å². The topological polar surface area (TPSA) is 6.48 Å². The summed E-state index contributed by atoms with van der Waals surface area (Å²) in [5.41, 5.74) is 26.4. The van der Waals surface area contributed by atoms with E-state index in [1.165, 1.54) is 146 Å². The first-order valence-corrected chi connectivity index (χ1v) is 28.4. The number of thiophene rings is 1. The predicted molar refractivity (Wildman–Crippen MR) is 310 cm³/mol. The highest BCUT2D eigenvalue weighted by molar-refractivity contribution is 7.29. The molecular formula is C67H81BN2S. The molecular weight excluding hydrogens is 876 g/mol. The molecule has 71 heavy (non-hydrogen) atoms. The molecule has 0 unspecified atom stereocenters. The Balaban J connectivity index is 1.20. The van der Waals surface area contributed by atoms with E-state index in [4.69, 9.17) is 0 Å². The van der Waals surface area contributed by atoms with Crippen molar-refractivity contribution < 1.29 is 0 Å². The van der Waals surface area contributed by atoms with Gasteiger partial charge in [-0.15, -0.1) is 0 Å². The van der Waals surface area contributed by atoms with Gasteiger partial charge in [-0.2, -0.15) is 11.3 Å². The fourth-order valence-electron chi connectivity index (χ4n) is 15.0. The van der Waals surface area contributed by atoms with Crippen LogP contribution < -0.4 is 25.5 Å². The molecule has 1 aromatic heterocycles. The largest absolute Gasteiger partial charge is 0.311 e. The van der Waals surface area contributed by atoms with Crippen molar-refractivity contribution in [3.8, 4) is 11.1 Å². The monoisotopic (exact) mass is 957 g/mol. The third-order valence-electron chi connectivity index (χ3n) is 20.0. The lowest BCUT2D eigenvalue weighted by molar-refractivity contribution is 0.331. The number of nitrogens with zero attached hydrogens (tertiary/aromatic N) is 2. The van der Waals surface area contributed by atoms with Gasteiger partial charge in [0.05, 0.1) is 11.4 Å². The zero-order valence-electron chi connectivity index (χ0n) is 46.6. The van der Waals surface area contributed by atoms with Gasteiger partial charge in [-0.3, -0.25) is 0 Å². The Labute approximate surface area is 433 Å². The second kappa shape index (κ2) is 14.8. The van der Waals surface area contributed by atoms with Gasteiger partial charge in [0.25, 0.3) is 6.71 Å². The number of hydrogen-bond donors (Lipinski definition) is 0. The highest BCUT2D eigenvalue weighted by Crippen LogP contribution is 2.60. The summed E-state index contributed by atoms with van der Waals surface area (Å²) in [7, 11) is 0. The van der Waals surface area contributed by atoms with Crippen molar-refractivity contribution >= 4 is 67.9 Å². The summed E-state index contributed by atoms with van der Waals surface area (Å²) in [6, 6.07) is 35.0. The maximum Gasteiger partial charge on any atom is 0.264 e. The van der Waals surface area contributed by atoms with Gasteiger partial charge < -0.3 is 9.80 Å². The van der Waals surface area contributed by atoms with Crippen LogP contribution in [0.25, 0.3) is 11.1 Å². The minimum Gasteiger partial charge on any atom is -0.311 e. The zero-order valence-corrected chi connectivity index (χ0v) is 47.4. The van der Waals surface area contributed by atoms with Crippen LogP contribution in [0.5, 0.6) is 0 Å². The van der Waals surface area contributed by atoms with Crippen molar-refractivity contribution in [2.75, 3.05) is 9.80 Å². The molecule has 5 aromatic carbocycles. The minimum absolute atomic E-state index is 0.00280. The summed E-state index contributed by atoms with van der Waals surface area (Å²) in [6.07, 6.45) is 9.54. The van der Waals surface area contributed by atoms with Crippen LogP contribution in [-0.2, 0) is 43.3 Å². The molecule has 12 rings (SSSR count). The number of hydrogen-bond acceptors (Lipinski definition) is 3. The van der Waals surface area contributed by atoms with Crippen molar-refractivity contribution in [2.45, 2.75) is 212 Å². The van der Waals surface area contributed by atoms with Gasteiger partial charge in [0.15, 0.2) is 0 Å². The molecule has 6 aliphatic rings. The lowest BCUT2D eigenvalue weighted by Crippen LogP contribution is -2.61. The zero-order chi connectivity index (χ0) is 50.5. The van der Waals surface area contributed by atoms with Gasteiger partial charge in [0, 0.05) is 38.0 Å². The van der Waals surface area contributed by atoms with E-state index in [9.17, 15) is 0 Å². The van der Waals surface area contributed by atoms with E-state index in [-0.39, 0.29) is 50.0 Å². The second-order valence-electron chi connectivity index (χ2n) is 28.8. The van der Waals surface area contributed by atoms with Gasteiger partial charge in [0.1, 0.15) is 0 Å². The molecule has 0 saturated heterocycles. The highest BCUT2D eigenvalue weighted by Gasteiger charge is 2.53. The van der Waals surface area contributed by atoms with Crippen molar-refractivity contribution in [3.63, 3.8) is 0 Å². The Morgan fingerprint density at radius 1 is 0.423 bits per heavy atom. The molecule has 0 fully saturated rings. The molecule has 2 nitrogen and oxygen atoms in total. The fourth-order valence-corrected chi connectivity index (χ4v) is 16.8. The van der Waals surface area contributed by atoms with Crippen LogP contribution in [0.1, 0.15) is 212 Å². The number of para-hydroxylation sites is 1. The molecule has 0 bridgehead atoms. The standard InChI is InChI=1S/C67H81BN2S/c1-40-36-51-55-52(37-40)70(50-21-19-18-20-43(50)41-22-24-44-47(38-41)63(8,9)30-28-60(44,2)3)57-54-58(67(16,17)35-34-66(54,14)15)71-59(57)68(55)49-27-26-46-53(65(12,13)33-32-62(46,6)7)56(49)69(51)42-23-25-45-48(39-42)64(10,11)31-29-61(45,4)5/h18-27,36-39H,28-35H2,1-17H3. The van der Waals surface area contributed by atoms with Crippen LogP contribution >= 0.6 is 11.3 Å². The first-order valence-electron chi connectivity index (χ1n) is 27.6. The third kappa shape index (κ3) is 6.76. The van der Waals surface area contributed by atoms with E-state index in [0.717, 1.165) is 0 Å². The summed E-state index contributed by atoms with van der Waals surface area (Å²) in [5.74, 6) is 0. The van der Waals surface area contributed by atoms with Crippen LogP contribution in [0.15, 0.2) is 84.9 Å². The molecule has 3 heterocycles. The SMILES string of the molecule is Cc1cc2c3c(c1)N(c1ccccc1-c1ccc4c(c1)C(C)(C)CCC4(C)C)c1c(sc4c1C(C)(C)CCC4(C)C)B3c1ccc3c(c1N2c1ccc2c(c1)C(C)(C)CCC2(C)C)C(C)(C)CCC3(C)C. The average molecular weight is 957 g/mol. The van der Waals surface area contributed by atoms with Crippen LogP contribution in [0.3, 0.4) is 0 Å². The summed E-state index contributed by atoms with van der Waals surface area (Å²) in [6.45, 7) is 42.6. The van der Waals surface area contributed by atoms with Crippen LogP contribution in [0.4, 0.5) is 34.1 Å². The van der Waals surface area contributed by atoms with Gasteiger partial charge >= 0.3 is 0 Å². The number of aryl methyl sites for hydroxylation is 1. The summed E-state index contributed by atoms with van der Waals surface area (Å²) in [5, 5.41) is 0. The van der Waals surface area contributed by atoms with Gasteiger partial charge in [-0.05, 0) is 193 Å². The third-order valence-corrected chi connectivity index (χ3v) is 21.7. The van der Waals surface area contributed by atoms with Gasteiger partial charge in [0.2, 0.25) is 0 Å². The summed E-state index contributed by atoms with van der Waals surface area (Å²) < 4.78 is 1.53.